The third-order valence-electron chi connectivity index (χ3n) is 2.83. The maximum Gasteiger partial charge on any atom is 0.360 e. The molecule has 102 valence electrons. The van der Waals surface area contributed by atoms with E-state index in [4.69, 9.17) is 10.5 Å². The normalized spacial score (nSPS) is 10.6. The quantitative estimate of drug-likeness (QED) is 0.781. The molecule has 0 saturated heterocycles. The van der Waals surface area contributed by atoms with Crippen molar-refractivity contribution in [3.63, 3.8) is 0 Å². The van der Waals surface area contributed by atoms with Gasteiger partial charge in [-0.05, 0) is 13.8 Å². The van der Waals surface area contributed by atoms with Crippen molar-refractivity contribution in [1.82, 2.24) is 19.5 Å². The summed E-state index contributed by atoms with van der Waals surface area (Å²) in [6.07, 6.45) is 4.13. The number of nitrogen functional groups attached to an aromatic ring is 1. The predicted octanol–water partition coefficient (Wildman–Crippen LogP) is 0.916. The molecule has 0 spiro atoms. The number of esters is 1. The van der Waals surface area contributed by atoms with Gasteiger partial charge in [0.25, 0.3) is 0 Å². The first-order chi connectivity index (χ1) is 9.13. The van der Waals surface area contributed by atoms with Crippen LogP contribution >= 0.6 is 0 Å². The van der Waals surface area contributed by atoms with Crippen molar-refractivity contribution in [1.29, 1.82) is 0 Å². The van der Waals surface area contributed by atoms with E-state index in [0.29, 0.717) is 24.8 Å². The molecule has 0 atom stereocenters. The van der Waals surface area contributed by atoms with Crippen LogP contribution in [-0.2, 0) is 17.7 Å². The maximum atomic E-state index is 11.7. The zero-order valence-corrected chi connectivity index (χ0v) is 11.0. The molecule has 2 aromatic rings. The van der Waals surface area contributed by atoms with Gasteiger partial charge in [0.05, 0.1) is 12.9 Å². The van der Waals surface area contributed by atoms with Crippen LogP contribution in [0.25, 0.3) is 0 Å². The Balaban J connectivity index is 2.14. The van der Waals surface area contributed by atoms with Crippen LogP contribution in [0.3, 0.4) is 0 Å². The molecule has 7 nitrogen and oxygen atoms in total. The van der Waals surface area contributed by atoms with E-state index >= 15 is 0 Å². The Hall–Kier alpha value is -2.31. The number of hydrogen-bond donors (Lipinski definition) is 2. The summed E-state index contributed by atoms with van der Waals surface area (Å²) < 4.78 is 6.72. The minimum atomic E-state index is -0.483. The number of nitrogens with zero attached hydrogens (tertiary/aromatic N) is 3. The zero-order valence-electron chi connectivity index (χ0n) is 11.0. The predicted molar refractivity (Wildman–Crippen MR) is 69.6 cm³/mol. The summed E-state index contributed by atoms with van der Waals surface area (Å²) in [7, 11) is 0. The molecule has 2 heterocycles. The molecule has 2 aromatic heterocycles. The number of nitrogens with one attached hydrogen (secondary N) is 1. The number of ether oxygens (including phenoxy) is 1. The standard InChI is InChI=1S/C12H17N5O2/c1-3-19-12(18)10-11(13)17(8(2)16-10)5-4-9-6-14-7-15-9/h6-7H,3-5,13H2,1-2H3,(H,14,15). The summed E-state index contributed by atoms with van der Waals surface area (Å²) in [5.41, 5.74) is 7.14. The van der Waals surface area contributed by atoms with Gasteiger partial charge >= 0.3 is 5.97 Å². The van der Waals surface area contributed by atoms with E-state index in [1.54, 1.807) is 24.0 Å². The van der Waals surface area contributed by atoms with E-state index in [0.717, 1.165) is 12.1 Å². The summed E-state index contributed by atoms with van der Waals surface area (Å²) in [5.74, 6) is 0.555. The number of nitrogens with two attached hydrogens (primary N) is 1. The molecule has 19 heavy (non-hydrogen) atoms. The SMILES string of the molecule is CCOC(=O)c1nc(C)n(CCc2cnc[nH]2)c1N. The molecule has 0 radical (unpaired) electrons. The average molecular weight is 263 g/mol. The lowest BCUT2D eigenvalue weighted by molar-refractivity contribution is 0.0521. The number of anilines is 1. The number of aromatic amines is 1. The second-order valence-electron chi connectivity index (χ2n) is 4.09. The van der Waals surface area contributed by atoms with Crippen molar-refractivity contribution in [2.75, 3.05) is 12.3 Å². The van der Waals surface area contributed by atoms with Gasteiger partial charge in [-0.2, -0.15) is 0 Å². The minimum Gasteiger partial charge on any atom is -0.461 e. The van der Waals surface area contributed by atoms with Gasteiger partial charge in [0, 0.05) is 24.9 Å². The van der Waals surface area contributed by atoms with E-state index in [1.807, 2.05) is 6.92 Å². The van der Waals surface area contributed by atoms with Crippen LogP contribution in [0.4, 0.5) is 5.82 Å². The number of carbonyl (C=O) groups excluding carboxylic acids is 1. The van der Waals surface area contributed by atoms with E-state index in [9.17, 15) is 4.79 Å². The highest BCUT2D eigenvalue weighted by atomic mass is 16.5. The summed E-state index contributed by atoms with van der Waals surface area (Å²) in [6.45, 7) is 4.49. The van der Waals surface area contributed by atoms with E-state index < -0.39 is 5.97 Å². The number of aromatic nitrogens is 4. The van der Waals surface area contributed by atoms with Gasteiger partial charge in [-0.1, -0.05) is 0 Å². The van der Waals surface area contributed by atoms with Crippen LogP contribution in [0.15, 0.2) is 12.5 Å². The van der Waals surface area contributed by atoms with Gasteiger partial charge in [0.2, 0.25) is 0 Å². The number of rotatable bonds is 5. The van der Waals surface area contributed by atoms with Crippen molar-refractivity contribution in [3.05, 3.63) is 29.7 Å². The second kappa shape index (κ2) is 5.55. The molecule has 0 fully saturated rings. The first-order valence-electron chi connectivity index (χ1n) is 6.10. The van der Waals surface area contributed by atoms with Gasteiger partial charge in [-0.3, -0.25) is 0 Å². The molecule has 2 rings (SSSR count). The molecule has 0 unspecified atom stereocenters. The number of carbonyl (C=O) groups is 1. The Morgan fingerprint density at radius 3 is 3.00 bits per heavy atom. The summed E-state index contributed by atoms with van der Waals surface area (Å²) in [5, 5.41) is 0. The molecular weight excluding hydrogens is 246 g/mol. The lowest BCUT2D eigenvalue weighted by atomic mass is 10.3. The first-order valence-corrected chi connectivity index (χ1v) is 6.10. The number of imidazole rings is 2. The minimum absolute atomic E-state index is 0.184. The molecule has 0 aliphatic heterocycles. The fourth-order valence-electron chi connectivity index (χ4n) is 1.87. The van der Waals surface area contributed by atoms with Crippen molar-refractivity contribution >= 4 is 11.8 Å². The molecule has 0 aliphatic rings. The maximum absolute atomic E-state index is 11.7. The van der Waals surface area contributed by atoms with Crippen LogP contribution in [0, 0.1) is 6.92 Å². The Morgan fingerprint density at radius 1 is 1.58 bits per heavy atom. The number of aryl methyl sites for hydroxylation is 2. The van der Waals surface area contributed by atoms with Gasteiger partial charge in [0.1, 0.15) is 11.6 Å². The molecule has 3 N–H and O–H groups in total. The topological polar surface area (TPSA) is 98.8 Å². The molecule has 0 amide bonds. The highest BCUT2D eigenvalue weighted by Crippen LogP contribution is 2.16. The first kappa shape index (κ1) is 13.1. The number of hydrogen-bond acceptors (Lipinski definition) is 5. The van der Waals surface area contributed by atoms with E-state index in [-0.39, 0.29) is 5.69 Å². The smallest absolute Gasteiger partial charge is 0.360 e. The number of H-pyrrole nitrogens is 1. The van der Waals surface area contributed by atoms with Crippen LogP contribution in [0.1, 0.15) is 28.9 Å². The van der Waals surface area contributed by atoms with Gasteiger partial charge < -0.3 is 20.0 Å². The van der Waals surface area contributed by atoms with Crippen LogP contribution in [-0.4, -0.2) is 32.1 Å². The lowest BCUT2D eigenvalue weighted by Gasteiger charge is -2.06. The lowest BCUT2D eigenvalue weighted by Crippen LogP contribution is -2.11. The third kappa shape index (κ3) is 2.75. The second-order valence-corrected chi connectivity index (χ2v) is 4.09. The van der Waals surface area contributed by atoms with Gasteiger partial charge in [-0.25, -0.2) is 14.8 Å². The average Bonchev–Trinajstić information content (AvgIpc) is 2.97. The Morgan fingerprint density at radius 2 is 2.37 bits per heavy atom. The molecule has 0 bridgehead atoms. The van der Waals surface area contributed by atoms with E-state index in [2.05, 4.69) is 15.0 Å². The Labute approximate surface area is 110 Å². The molecule has 0 aliphatic carbocycles. The molecule has 7 heteroatoms. The fraction of sp³-hybridized carbons (Fsp3) is 0.417. The third-order valence-corrected chi connectivity index (χ3v) is 2.83. The summed E-state index contributed by atoms with van der Waals surface area (Å²) >= 11 is 0. The summed E-state index contributed by atoms with van der Waals surface area (Å²) in [6, 6.07) is 0. The fourth-order valence-corrected chi connectivity index (χ4v) is 1.87. The van der Waals surface area contributed by atoms with Crippen molar-refractivity contribution in [2.24, 2.45) is 0 Å². The highest BCUT2D eigenvalue weighted by Gasteiger charge is 2.19. The van der Waals surface area contributed by atoms with Gasteiger partial charge in [-0.15, -0.1) is 0 Å². The largest absolute Gasteiger partial charge is 0.461 e. The molecule has 0 aromatic carbocycles. The van der Waals surface area contributed by atoms with Crippen LogP contribution in [0.5, 0.6) is 0 Å². The van der Waals surface area contributed by atoms with Crippen LogP contribution < -0.4 is 5.73 Å². The van der Waals surface area contributed by atoms with Gasteiger partial charge in [0.15, 0.2) is 5.69 Å². The van der Waals surface area contributed by atoms with Crippen molar-refractivity contribution in [3.8, 4) is 0 Å². The summed E-state index contributed by atoms with van der Waals surface area (Å²) in [4.78, 5) is 22.8. The molecule has 0 saturated carbocycles. The zero-order chi connectivity index (χ0) is 13.8. The highest BCUT2D eigenvalue weighted by molar-refractivity contribution is 5.92. The monoisotopic (exact) mass is 263 g/mol. The van der Waals surface area contributed by atoms with Crippen LogP contribution in [0.2, 0.25) is 0 Å². The van der Waals surface area contributed by atoms with Crippen molar-refractivity contribution < 1.29 is 9.53 Å². The van der Waals surface area contributed by atoms with E-state index in [1.165, 1.54) is 0 Å². The Bertz CT molecular complexity index is 559. The molecular formula is C12H17N5O2. The Kier molecular flexibility index (Phi) is 3.84. The van der Waals surface area contributed by atoms with Crippen molar-refractivity contribution in [2.45, 2.75) is 26.8 Å².